The lowest BCUT2D eigenvalue weighted by atomic mass is 10.2. The van der Waals surface area contributed by atoms with Crippen LogP contribution >= 0.6 is 23.1 Å². The maximum absolute atomic E-state index is 12.8. The molecule has 0 spiro atoms. The van der Waals surface area contributed by atoms with E-state index in [0.29, 0.717) is 17.5 Å². The molecule has 2 amide bonds. The number of fused-ring (bicyclic) bond motifs is 1. The largest absolute Gasteiger partial charge is 0.354 e. The van der Waals surface area contributed by atoms with Crippen molar-refractivity contribution in [2.24, 2.45) is 5.92 Å². The molecule has 1 aromatic heterocycles. The second kappa shape index (κ2) is 5.89. The highest BCUT2D eigenvalue weighted by molar-refractivity contribution is 7.99. The number of carbonyl (C=O) groups excluding carboxylic acids is 2. The molecular formula is C16H20N2O2S2. The summed E-state index contributed by atoms with van der Waals surface area (Å²) in [7, 11) is 0. The Morgan fingerprint density at radius 3 is 2.95 bits per heavy atom. The van der Waals surface area contributed by atoms with E-state index < -0.39 is 0 Å². The Morgan fingerprint density at radius 2 is 2.18 bits per heavy atom. The Hall–Kier alpha value is -1.01. The lowest BCUT2D eigenvalue weighted by Crippen LogP contribution is -2.47. The minimum absolute atomic E-state index is 0.0225. The Kier molecular flexibility index (Phi) is 3.90. The first-order chi connectivity index (χ1) is 10.7. The number of nitrogens with zero attached hydrogens (tertiary/aromatic N) is 1. The van der Waals surface area contributed by atoms with Gasteiger partial charge in [0.1, 0.15) is 6.04 Å². The first kappa shape index (κ1) is 14.6. The zero-order valence-corrected chi connectivity index (χ0v) is 14.1. The molecule has 4 rings (SSSR count). The fourth-order valence-corrected chi connectivity index (χ4v) is 5.48. The van der Waals surface area contributed by atoms with Crippen LogP contribution in [0.4, 0.5) is 0 Å². The average Bonchev–Trinajstić information content (AvgIpc) is 2.92. The number of hydrogen-bond donors (Lipinski definition) is 1. The van der Waals surface area contributed by atoms with Crippen LogP contribution in [0.5, 0.6) is 0 Å². The molecule has 1 unspecified atom stereocenters. The monoisotopic (exact) mass is 336 g/mol. The Balaban J connectivity index is 1.44. The summed E-state index contributed by atoms with van der Waals surface area (Å²) in [5.41, 5.74) is 1.34. The van der Waals surface area contributed by atoms with Gasteiger partial charge >= 0.3 is 0 Å². The van der Waals surface area contributed by atoms with Crippen molar-refractivity contribution >= 4 is 34.9 Å². The molecule has 0 aromatic carbocycles. The van der Waals surface area contributed by atoms with E-state index >= 15 is 0 Å². The van der Waals surface area contributed by atoms with Crippen LogP contribution in [0.1, 0.15) is 39.4 Å². The normalized spacial score (nSPS) is 23.6. The molecule has 1 aliphatic heterocycles. The maximum Gasteiger partial charge on any atom is 0.265 e. The summed E-state index contributed by atoms with van der Waals surface area (Å²) in [5, 5.41) is 3.02. The summed E-state index contributed by atoms with van der Waals surface area (Å²) in [5.74, 6) is 2.07. The van der Waals surface area contributed by atoms with Crippen molar-refractivity contribution in [3.8, 4) is 0 Å². The zero-order chi connectivity index (χ0) is 15.1. The van der Waals surface area contributed by atoms with E-state index in [1.165, 1.54) is 29.7 Å². The maximum atomic E-state index is 12.8. The van der Waals surface area contributed by atoms with Gasteiger partial charge in [-0.2, -0.15) is 0 Å². The first-order valence-corrected chi connectivity index (χ1v) is 9.97. The summed E-state index contributed by atoms with van der Waals surface area (Å²) in [6.07, 6.45) is 5.86. The van der Waals surface area contributed by atoms with E-state index in [9.17, 15) is 9.59 Å². The number of nitrogens with one attached hydrogen (secondary N) is 1. The van der Waals surface area contributed by atoms with Crippen LogP contribution in [0.15, 0.2) is 6.07 Å². The fraction of sp³-hybridized carbons (Fsp3) is 0.625. The molecule has 1 N–H and O–H groups in total. The molecule has 0 radical (unpaired) electrons. The van der Waals surface area contributed by atoms with E-state index in [0.717, 1.165) is 24.3 Å². The van der Waals surface area contributed by atoms with Gasteiger partial charge in [-0.3, -0.25) is 9.59 Å². The molecule has 2 heterocycles. The van der Waals surface area contributed by atoms with Crippen LogP contribution in [0.25, 0.3) is 0 Å². The second-order valence-corrected chi connectivity index (χ2v) is 8.53. The molecule has 1 saturated heterocycles. The number of thiophene rings is 1. The standard InChI is InChI=1S/C16H20N2O2S2/c19-15(17-7-10-4-5-10)12-8-21-9-18(12)16(20)14-6-11-2-1-3-13(11)22-14/h6,10,12H,1-5,7-9H2,(H,17,19). The van der Waals surface area contributed by atoms with Gasteiger partial charge in [0.25, 0.3) is 5.91 Å². The van der Waals surface area contributed by atoms with Crippen molar-refractivity contribution in [3.63, 3.8) is 0 Å². The molecule has 2 fully saturated rings. The van der Waals surface area contributed by atoms with Crippen molar-refractivity contribution in [2.45, 2.75) is 38.1 Å². The number of hydrogen-bond acceptors (Lipinski definition) is 4. The van der Waals surface area contributed by atoms with Crippen LogP contribution < -0.4 is 5.32 Å². The lowest BCUT2D eigenvalue weighted by molar-refractivity contribution is -0.124. The summed E-state index contributed by atoms with van der Waals surface area (Å²) in [6.45, 7) is 0.773. The Morgan fingerprint density at radius 1 is 1.32 bits per heavy atom. The van der Waals surface area contributed by atoms with Gasteiger partial charge in [-0.15, -0.1) is 23.1 Å². The predicted molar refractivity (Wildman–Crippen MR) is 89.4 cm³/mol. The molecule has 4 nitrogen and oxygen atoms in total. The SMILES string of the molecule is O=C(NCC1CC1)C1CSCN1C(=O)c1cc2c(s1)CCC2. The Labute approximate surface area is 138 Å². The molecule has 0 bridgehead atoms. The lowest BCUT2D eigenvalue weighted by Gasteiger charge is -2.22. The minimum atomic E-state index is -0.298. The smallest absolute Gasteiger partial charge is 0.265 e. The van der Waals surface area contributed by atoms with Crippen LogP contribution in [-0.2, 0) is 17.6 Å². The molecule has 1 saturated carbocycles. The van der Waals surface area contributed by atoms with Crippen LogP contribution in [-0.4, -0.2) is 40.9 Å². The van der Waals surface area contributed by atoms with Crippen LogP contribution in [0, 0.1) is 5.92 Å². The molecule has 3 aliphatic rings. The van der Waals surface area contributed by atoms with Crippen molar-refractivity contribution in [1.29, 1.82) is 0 Å². The first-order valence-electron chi connectivity index (χ1n) is 8.00. The van der Waals surface area contributed by atoms with E-state index in [4.69, 9.17) is 0 Å². The third kappa shape index (κ3) is 2.78. The van der Waals surface area contributed by atoms with E-state index in [1.807, 2.05) is 0 Å². The van der Waals surface area contributed by atoms with Gasteiger partial charge in [0, 0.05) is 17.2 Å². The minimum Gasteiger partial charge on any atom is -0.354 e. The topological polar surface area (TPSA) is 49.4 Å². The zero-order valence-electron chi connectivity index (χ0n) is 12.5. The van der Waals surface area contributed by atoms with Gasteiger partial charge in [-0.1, -0.05) is 0 Å². The predicted octanol–water partition coefficient (Wildman–Crippen LogP) is 2.28. The number of amides is 2. The third-order valence-corrected chi connectivity index (χ3v) is 6.90. The molecule has 1 aromatic rings. The van der Waals surface area contributed by atoms with Gasteiger partial charge in [0.05, 0.1) is 10.8 Å². The summed E-state index contributed by atoms with van der Waals surface area (Å²) in [4.78, 5) is 29.0. The number of aryl methyl sites for hydroxylation is 2. The van der Waals surface area contributed by atoms with Gasteiger partial charge < -0.3 is 10.2 Å². The third-order valence-electron chi connectivity index (χ3n) is 4.67. The molecular weight excluding hydrogens is 316 g/mol. The van der Waals surface area contributed by atoms with Gasteiger partial charge in [-0.05, 0) is 49.7 Å². The van der Waals surface area contributed by atoms with Crippen molar-refractivity contribution in [3.05, 3.63) is 21.4 Å². The number of rotatable bonds is 4. The molecule has 6 heteroatoms. The van der Waals surface area contributed by atoms with E-state index in [2.05, 4.69) is 11.4 Å². The molecule has 118 valence electrons. The highest BCUT2D eigenvalue weighted by Gasteiger charge is 2.36. The van der Waals surface area contributed by atoms with Crippen LogP contribution in [0.3, 0.4) is 0 Å². The quantitative estimate of drug-likeness (QED) is 0.918. The van der Waals surface area contributed by atoms with Gasteiger partial charge in [0.2, 0.25) is 5.91 Å². The Bertz CT molecular complexity index is 588. The molecule has 1 atom stereocenters. The van der Waals surface area contributed by atoms with Crippen molar-refractivity contribution in [2.75, 3.05) is 18.2 Å². The fourth-order valence-electron chi connectivity index (χ4n) is 3.12. The van der Waals surface area contributed by atoms with E-state index in [1.54, 1.807) is 28.0 Å². The number of thioether (sulfide) groups is 1. The highest BCUT2D eigenvalue weighted by Crippen LogP contribution is 2.33. The van der Waals surface area contributed by atoms with Gasteiger partial charge in [0.15, 0.2) is 0 Å². The molecule has 22 heavy (non-hydrogen) atoms. The average molecular weight is 336 g/mol. The van der Waals surface area contributed by atoms with Crippen LogP contribution in [0.2, 0.25) is 0 Å². The molecule has 2 aliphatic carbocycles. The summed E-state index contributed by atoms with van der Waals surface area (Å²) < 4.78 is 0. The summed E-state index contributed by atoms with van der Waals surface area (Å²) in [6, 6.07) is 1.76. The van der Waals surface area contributed by atoms with E-state index in [-0.39, 0.29) is 17.9 Å². The second-order valence-electron chi connectivity index (χ2n) is 6.39. The summed E-state index contributed by atoms with van der Waals surface area (Å²) >= 11 is 3.30. The van der Waals surface area contributed by atoms with Crippen molar-refractivity contribution in [1.82, 2.24) is 10.2 Å². The highest BCUT2D eigenvalue weighted by atomic mass is 32.2. The van der Waals surface area contributed by atoms with Gasteiger partial charge in [-0.25, -0.2) is 0 Å². The number of carbonyl (C=O) groups is 2. The van der Waals surface area contributed by atoms with Crippen molar-refractivity contribution < 1.29 is 9.59 Å².